The van der Waals surface area contributed by atoms with Gasteiger partial charge >= 0.3 is 0 Å². The Morgan fingerprint density at radius 3 is 2.64 bits per heavy atom. The Labute approximate surface area is 137 Å². The lowest BCUT2D eigenvalue weighted by molar-refractivity contribution is 0.224. The zero-order valence-corrected chi connectivity index (χ0v) is 14.8. The van der Waals surface area contributed by atoms with Crippen molar-refractivity contribution in [2.75, 3.05) is 46.8 Å². The number of unbranched alkanes of at least 4 members (excludes halogenated alkanes) is 3. The molecule has 0 atom stereocenters. The van der Waals surface area contributed by atoms with E-state index in [0.29, 0.717) is 0 Å². The molecule has 1 saturated heterocycles. The molecule has 1 aliphatic rings. The van der Waals surface area contributed by atoms with Gasteiger partial charge in [0, 0.05) is 27.2 Å². The first kappa shape index (κ1) is 19.0. The molecule has 0 aromatic carbocycles. The fourth-order valence-electron chi connectivity index (χ4n) is 2.98. The molecule has 1 heterocycles. The molecule has 0 spiro atoms. The number of likely N-dealkylation sites (tertiary alicyclic amines) is 1. The Morgan fingerprint density at radius 1 is 1.18 bits per heavy atom. The van der Waals surface area contributed by atoms with Crippen LogP contribution in [0.25, 0.3) is 0 Å². The van der Waals surface area contributed by atoms with E-state index in [2.05, 4.69) is 33.7 Å². The van der Waals surface area contributed by atoms with Crippen LogP contribution < -0.4 is 5.32 Å². The summed E-state index contributed by atoms with van der Waals surface area (Å²) < 4.78 is 0. The Balaban J connectivity index is 2.02. The summed E-state index contributed by atoms with van der Waals surface area (Å²) in [5, 5.41) is 3.47. The van der Waals surface area contributed by atoms with E-state index in [1.165, 1.54) is 58.2 Å². The van der Waals surface area contributed by atoms with E-state index in [4.69, 9.17) is 0 Å². The van der Waals surface area contributed by atoms with Crippen LogP contribution >= 0.6 is 0 Å². The van der Waals surface area contributed by atoms with Gasteiger partial charge in [-0.1, -0.05) is 18.9 Å². The van der Waals surface area contributed by atoms with Gasteiger partial charge in [0.2, 0.25) is 0 Å². The Morgan fingerprint density at radius 2 is 1.95 bits per heavy atom. The van der Waals surface area contributed by atoms with Crippen molar-refractivity contribution in [3.05, 3.63) is 12.7 Å². The molecule has 1 aliphatic heterocycles. The third kappa shape index (κ3) is 8.42. The van der Waals surface area contributed by atoms with Crippen LogP contribution in [-0.2, 0) is 0 Å². The van der Waals surface area contributed by atoms with Crippen LogP contribution in [0, 0.1) is 0 Å². The topological polar surface area (TPSA) is 30.9 Å². The standard InChI is InChI=1S/C18H36N4/c1-4-5-9-14-21(3)18(19-2)20-13-8-6-10-15-22-16-11-7-12-17-22/h4H,1,5-17H2,2-3H3,(H,19,20). The molecule has 128 valence electrons. The van der Waals surface area contributed by atoms with E-state index in [9.17, 15) is 0 Å². The molecule has 4 nitrogen and oxygen atoms in total. The maximum Gasteiger partial charge on any atom is 0.193 e. The average molecular weight is 309 g/mol. The molecule has 0 aromatic heterocycles. The molecule has 0 saturated carbocycles. The second-order valence-corrected chi connectivity index (χ2v) is 6.29. The van der Waals surface area contributed by atoms with Crippen LogP contribution in [0.3, 0.4) is 0 Å². The van der Waals surface area contributed by atoms with Crippen molar-refractivity contribution in [1.82, 2.24) is 15.1 Å². The minimum Gasteiger partial charge on any atom is -0.356 e. The largest absolute Gasteiger partial charge is 0.356 e. The summed E-state index contributed by atoms with van der Waals surface area (Å²) in [5.74, 6) is 1.01. The lowest BCUT2D eigenvalue weighted by atomic mass is 10.1. The maximum atomic E-state index is 4.36. The second-order valence-electron chi connectivity index (χ2n) is 6.29. The first-order chi connectivity index (χ1) is 10.8. The van der Waals surface area contributed by atoms with Gasteiger partial charge in [-0.25, -0.2) is 0 Å². The molecule has 1 rings (SSSR count). The normalized spacial score (nSPS) is 16.5. The van der Waals surface area contributed by atoms with Crippen LogP contribution in [0.2, 0.25) is 0 Å². The van der Waals surface area contributed by atoms with Crippen molar-refractivity contribution in [2.24, 2.45) is 4.99 Å². The minimum atomic E-state index is 1.01. The molecule has 4 heteroatoms. The van der Waals surface area contributed by atoms with Gasteiger partial charge in [0.05, 0.1) is 0 Å². The maximum absolute atomic E-state index is 4.36. The number of nitrogens with one attached hydrogen (secondary N) is 1. The zero-order chi connectivity index (χ0) is 16.0. The van der Waals surface area contributed by atoms with E-state index in [1.54, 1.807) is 0 Å². The Hall–Kier alpha value is -1.03. The molecular weight excluding hydrogens is 272 g/mol. The minimum absolute atomic E-state index is 1.01. The van der Waals surface area contributed by atoms with E-state index >= 15 is 0 Å². The fourth-order valence-corrected chi connectivity index (χ4v) is 2.98. The van der Waals surface area contributed by atoms with Gasteiger partial charge in [-0.05, 0) is 58.2 Å². The van der Waals surface area contributed by atoms with E-state index in [1.807, 2.05) is 13.1 Å². The van der Waals surface area contributed by atoms with Gasteiger partial charge in [0.25, 0.3) is 0 Å². The molecule has 0 radical (unpaired) electrons. The lowest BCUT2D eigenvalue weighted by Crippen LogP contribution is -2.39. The second kappa shape index (κ2) is 12.5. The summed E-state index contributed by atoms with van der Waals surface area (Å²) in [7, 11) is 3.97. The number of nitrogens with zero attached hydrogens (tertiary/aromatic N) is 3. The highest BCUT2D eigenvalue weighted by molar-refractivity contribution is 5.79. The smallest absolute Gasteiger partial charge is 0.193 e. The number of guanidine groups is 1. The molecule has 1 N–H and O–H groups in total. The Bertz CT molecular complexity index is 308. The molecule has 22 heavy (non-hydrogen) atoms. The van der Waals surface area contributed by atoms with Gasteiger partial charge in [0.1, 0.15) is 0 Å². The molecular formula is C18H36N4. The quantitative estimate of drug-likeness (QED) is 0.291. The van der Waals surface area contributed by atoms with Crippen LogP contribution in [0.4, 0.5) is 0 Å². The summed E-state index contributed by atoms with van der Waals surface area (Å²) in [6.07, 6.45) is 12.3. The van der Waals surface area contributed by atoms with Gasteiger partial charge in [0.15, 0.2) is 5.96 Å². The van der Waals surface area contributed by atoms with Gasteiger partial charge in [-0.3, -0.25) is 4.99 Å². The fraction of sp³-hybridized carbons (Fsp3) is 0.833. The number of aliphatic imine (C=N–C) groups is 1. The summed E-state index contributed by atoms with van der Waals surface area (Å²) in [5.41, 5.74) is 0. The van der Waals surface area contributed by atoms with E-state index < -0.39 is 0 Å². The predicted molar refractivity (Wildman–Crippen MR) is 97.6 cm³/mol. The number of rotatable bonds is 10. The van der Waals surface area contributed by atoms with Crippen molar-refractivity contribution in [1.29, 1.82) is 0 Å². The number of allylic oxidation sites excluding steroid dienone is 1. The van der Waals surface area contributed by atoms with Crippen LogP contribution in [0.5, 0.6) is 0 Å². The number of hydrogen-bond donors (Lipinski definition) is 1. The molecule has 0 aromatic rings. The predicted octanol–water partition coefficient (Wildman–Crippen LogP) is 3.12. The van der Waals surface area contributed by atoms with E-state index in [0.717, 1.165) is 31.9 Å². The van der Waals surface area contributed by atoms with Crippen LogP contribution in [0.1, 0.15) is 51.4 Å². The SMILES string of the molecule is C=CCCCN(C)C(=NC)NCCCCCN1CCCCC1. The van der Waals surface area contributed by atoms with Crippen molar-refractivity contribution in [2.45, 2.75) is 51.4 Å². The highest BCUT2D eigenvalue weighted by atomic mass is 15.3. The third-order valence-electron chi connectivity index (χ3n) is 4.36. The van der Waals surface area contributed by atoms with Crippen molar-refractivity contribution in [3.8, 4) is 0 Å². The van der Waals surface area contributed by atoms with Gasteiger partial charge in [-0.15, -0.1) is 6.58 Å². The highest BCUT2D eigenvalue weighted by Gasteiger charge is 2.09. The van der Waals surface area contributed by atoms with Gasteiger partial charge < -0.3 is 15.1 Å². The van der Waals surface area contributed by atoms with Crippen molar-refractivity contribution >= 4 is 5.96 Å². The summed E-state index contributed by atoms with van der Waals surface area (Å²) in [6, 6.07) is 0. The average Bonchev–Trinajstić information content (AvgIpc) is 2.55. The van der Waals surface area contributed by atoms with Crippen LogP contribution in [0.15, 0.2) is 17.6 Å². The Kier molecular flexibility index (Phi) is 10.8. The lowest BCUT2D eigenvalue weighted by Gasteiger charge is -2.26. The van der Waals surface area contributed by atoms with Crippen molar-refractivity contribution < 1.29 is 0 Å². The summed E-state index contributed by atoms with van der Waals surface area (Å²) in [4.78, 5) is 9.19. The molecule has 1 fully saturated rings. The first-order valence-corrected chi connectivity index (χ1v) is 9.03. The number of hydrogen-bond acceptors (Lipinski definition) is 2. The monoisotopic (exact) mass is 308 g/mol. The first-order valence-electron chi connectivity index (χ1n) is 9.03. The number of piperidine rings is 1. The van der Waals surface area contributed by atoms with Crippen molar-refractivity contribution in [3.63, 3.8) is 0 Å². The van der Waals surface area contributed by atoms with Crippen LogP contribution in [-0.4, -0.2) is 62.6 Å². The summed E-state index contributed by atoms with van der Waals surface area (Å²) >= 11 is 0. The molecule has 0 amide bonds. The highest BCUT2D eigenvalue weighted by Crippen LogP contribution is 2.09. The summed E-state index contributed by atoms with van der Waals surface area (Å²) in [6.45, 7) is 9.75. The van der Waals surface area contributed by atoms with E-state index in [-0.39, 0.29) is 0 Å². The molecule has 0 unspecified atom stereocenters. The zero-order valence-electron chi connectivity index (χ0n) is 14.8. The van der Waals surface area contributed by atoms with Gasteiger partial charge in [-0.2, -0.15) is 0 Å². The molecule has 0 bridgehead atoms. The molecule has 0 aliphatic carbocycles. The third-order valence-corrected chi connectivity index (χ3v) is 4.36.